The van der Waals surface area contributed by atoms with E-state index < -0.39 is 0 Å². The van der Waals surface area contributed by atoms with E-state index in [1.165, 1.54) is 0 Å². The first-order chi connectivity index (χ1) is 9.27. The molecule has 0 saturated carbocycles. The largest absolute Gasteiger partial charge is 0.302 e. The number of rotatable bonds is 3. The Morgan fingerprint density at radius 1 is 1.25 bits per heavy atom. The molecule has 2 aromatic rings. The van der Waals surface area contributed by atoms with Crippen molar-refractivity contribution in [1.29, 1.82) is 0 Å². The van der Waals surface area contributed by atoms with Crippen molar-refractivity contribution in [2.24, 2.45) is 0 Å². The first kappa shape index (κ1) is 14.2. The van der Waals surface area contributed by atoms with Gasteiger partial charge in [-0.15, -0.1) is 5.10 Å². The van der Waals surface area contributed by atoms with Gasteiger partial charge in [0, 0.05) is 17.2 Å². The molecule has 0 saturated heterocycles. The minimum Gasteiger partial charge on any atom is -0.302 e. The van der Waals surface area contributed by atoms with Crippen molar-refractivity contribution in [3.8, 4) is 0 Å². The van der Waals surface area contributed by atoms with Crippen molar-refractivity contribution < 1.29 is 4.79 Å². The van der Waals surface area contributed by atoms with E-state index >= 15 is 0 Å². The van der Waals surface area contributed by atoms with Crippen LogP contribution in [0.3, 0.4) is 0 Å². The molecule has 2 rings (SSSR count). The van der Waals surface area contributed by atoms with Crippen molar-refractivity contribution in [3.63, 3.8) is 0 Å². The number of nitrogens with one attached hydrogen (secondary N) is 3. The molecular weight excluding hydrogens is 256 g/mol. The van der Waals surface area contributed by atoms with Crippen molar-refractivity contribution >= 4 is 11.7 Å². The van der Waals surface area contributed by atoms with Gasteiger partial charge in [0.25, 0.3) is 5.91 Å². The van der Waals surface area contributed by atoms with E-state index in [-0.39, 0.29) is 17.1 Å². The van der Waals surface area contributed by atoms with Gasteiger partial charge in [0.1, 0.15) is 5.82 Å². The van der Waals surface area contributed by atoms with Crippen LogP contribution in [0.15, 0.2) is 6.07 Å². The maximum atomic E-state index is 12.0. The Hall–Kier alpha value is -2.18. The molecule has 0 spiro atoms. The van der Waals surface area contributed by atoms with Crippen molar-refractivity contribution in [3.05, 3.63) is 23.4 Å². The highest BCUT2D eigenvalue weighted by atomic mass is 16.2. The molecule has 20 heavy (non-hydrogen) atoms. The fourth-order valence-corrected chi connectivity index (χ4v) is 1.57. The Labute approximate surface area is 117 Å². The highest BCUT2D eigenvalue weighted by Crippen LogP contribution is 2.18. The van der Waals surface area contributed by atoms with E-state index in [0.717, 1.165) is 5.69 Å². The Morgan fingerprint density at radius 2 is 1.95 bits per heavy atom. The summed E-state index contributed by atoms with van der Waals surface area (Å²) in [5, 5.41) is 16.3. The molecule has 0 radical (unpaired) electrons. The van der Waals surface area contributed by atoms with E-state index in [1.54, 1.807) is 6.07 Å². The normalized spacial score (nSPS) is 11.9. The fourth-order valence-electron chi connectivity index (χ4n) is 1.57. The van der Waals surface area contributed by atoms with Gasteiger partial charge >= 0.3 is 0 Å². The topological polar surface area (TPSA) is 99.3 Å². The van der Waals surface area contributed by atoms with Crippen molar-refractivity contribution in [2.45, 2.75) is 46.0 Å². The first-order valence-electron chi connectivity index (χ1n) is 6.57. The number of carbonyl (C=O) groups is 1. The summed E-state index contributed by atoms with van der Waals surface area (Å²) < 4.78 is 0. The number of H-pyrrole nitrogens is 2. The average molecular weight is 276 g/mol. The van der Waals surface area contributed by atoms with Gasteiger partial charge in [0.15, 0.2) is 5.82 Å². The third-order valence-corrected chi connectivity index (χ3v) is 2.86. The monoisotopic (exact) mass is 276 g/mol. The predicted molar refractivity (Wildman–Crippen MR) is 75.7 cm³/mol. The summed E-state index contributed by atoms with van der Waals surface area (Å²) in [7, 11) is 0. The van der Waals surface area contributed by atoms with E-state index in [2.05, 4.69) is 30.7 Å². The summed E-state index contributed by atoms with van der Waals surface area (Å²) in [4.78, 5) is 16.2. The lowest BCUT2D eigenvalue weighted by Gasteiger charge is -2.12. The minimum absolute atomic E-state index is 0.115. The summed E-state index contributed by atoms with van der Waals surface area (Å²) >= 11 is 0. The maximum Gasteiger partial charge on any atom is 0.296 e. The molecule has 7 heteroatoms. The number of aromatic amines is 2. The number of hydrogen-bond donors (Lipinski definition) is 3. The molecule has 1 amide bonds. The number of nitrogens with zero attached hydrogens (tertiary/aromatic N) is 3. The zero-order valence-corrected chi connectivity index (χ0v) is 12.4. The molecule has 0 fully saturated rings. The van der Waals surface area contributed by atoms with Crippen LogP contribution >= 0.6 is 0 Å². The highest BCUT2D eigenvalue weighted by molar-refractivity contribution is 6.00. The van der Waals surface area contributed by atoms with Crippen LogP contribution in [0.1, 0.15) is 62.7 Å². The lowest BCUT2D eigenvalue weighted by molar-refractivity contribution is 0.101. The second-order valence-corrected chi connectivity index (χ2v) is 6.07. The van der Waals surface area contributed by atoms with Gasteiger partial charge in [0.05, 0.1) is 0 Å². The Bertz CT molecular complexity index is 604. The molecule has 3 N–H and O–H groups in total. The summed E-state index contributed by atoms with van der Waals surface area (Å²) in [6.45, 7) is 10.1. The van der Waals surface area contributed by atoms with Crippen LogP contribution in [-0.4, -0.2) is 31.3 Å². The molecule has 0 atom stereocenters. The maximum absolute atomic E-state index is 12.0. The van der Waals surface area contributed by atoms with E-state index in [0.29, 0.717) is 17.6 Å². The molecule has 0 bridgehead atoms. The lowest BCUT2D eigenvalue weighted by Crippen LogP contribution is -2.16. The molecule has 0 unspecified atom stereocenters. The van der Waals surface area contributed by atoms with Crippen molar-refractivity contribution in [2.75, 3.05) is 5.32 Å². The van der Waals surface area contributed by atoms with Crippen LogP contribution in [0.2, 0.25) is 0 Å². The molecule has 0 aliphatic carbocycles. The van der Waals surface area contributed by atoms with Gasteiger partial charge in [-0.05, 0) is 5.92 Å². The average Bonchev–Trinajstić information content (AvgIpc) is 2.95. The zero-order chi connectivity index (χ0) is 14.9. The third-order valence-electron chi connectivity index (χ3n) is 2.86. The van der Waals surface area contributed by atoms with Crippen LogP contribution in [0.25, 0.3) is 0 Å². The number of aromatic nitrogens is 5. The Morgan fingerprint density at radius 3 is 2.45 bits per heavy atom. The summed E-state index contributed by atoms with van der Waals surface area (Å²) in [5.74, 6) is 1.21. The van der Waals surface area contributed by atoms with Gasteiger partial charge in [-0.2, -0.15) is 5.10 Å². The second kappa shape index (κ2) is 5.07. The molecule has 0 aliphatic rings. The lowest BCUT2D eigenvalue weighted by atomic mass is 9.96. The minimum atomic E-state index is -0.376. The van der Waals surface area contributed by atoms with Gasteiger partial charge in [0.2, 0.25) is 5.82 Å². The van der Waals surface area contributed by atoms with Crippen LogP contribution < -0.4 is 5.32 Å². The molecule has 108 valence electrons. The fraction of sp³-hybridized carbons (Fsp3) is 0.538. The molecule has 0 aromatic carbocycles. The number of anilines is 1. The van der Waals surface area contributed by atoms with E-state index in [1.807, 2.05) is 34.6 Å². The van der Waals surface area contributed by atoms with Gasteiger partial charge in [-0.1, -0.05) is 34.6 Å². The van der Waals surface area contributed by atoms with E-state index in [9.17, 15) is 4.79 Å². The summed E-state index contributed by atoms with van der Waals surface area (Å²) in [6, 6.07) is 1.81. The van der Waals surface area contributed by atoms with Gasteiger partial charge in [-0.25, -0.2) is 4.98 Å². The highest BCUT2D eigenvalue weighted by Gasteiger charge is 2.21. The molecule has 2 heterocycles. The van der Waals surface area contributed by atoms with Gasteiger partial charge in [-0.3, -0.25) is 15.0 Å². The second-order valence-electron chi connectivity index (χ2n) is 6.07. The quantitative estimate of drug-likeness (QED) is 0.800. The van der Waals surface area contributed by atoms with Crippen molar-refractivity contribution in [1.82, 2.24) is 25.4 Å². The predicted octanol–water partition coefficient (Wildman–Crippen LogP) is 2.20. The van der Waals surface area contributed by atoms with Crippen LogP contribution in [0, 0.1) is 0 Å². The standard InChI is InChI=1S/C13H20N6O/c1-7(2)8-6-9(17-16-8)14-11(20)10-15-12(19-18-10)13(3,4)5/h6-7H,1-5H3,(H,15,18,19)(H2,14,16,17,20). The SMILES string of the molecule is CC(C)c1cc(NC(=O)c2n[nH]c(C(C)(C)C)n2)n[nH]1. The number of amides is 1. The van der Waals surface area contributed by atoms with Crippen LogP contribution in [0.5, 0.6) is 0 Å². The first-order valence-corrected chi connectivity index (χ1v) is 6.57. The Kier molecular flexibility index (Phi) is 3.61. The zero-order valence-electron chi connectivity index (χ0n) is 12.4. The molecule has 7 nitrogen and oxygen atoms in total. The molecular formula is C13H20N6O. The number of hydrogen-bond acceptors (Lipinski definition) is 4. The molecule has 0 aliphatic heterocycles. The summed E-state index contributed by atoms with van der Waals surface area (Å²) in [5.41, 5.74) is 0.786. The van der Waals surface area contributed by atoms with Gasteiger partial charge < -0.3 is 5.32 Å². The molecule has 2 aromatic heterocycles. The smallest absolute Gasteiger partial charge is 0.296 e. The van der Waals surface area contributed by atoms with Crippen LogP contribution in [-0.2, 0) is 5.41 Å². The number of carbonyl (C=O) groups excluding carboxylic acids is 1. The van der Waals surface area contributed by atoms with Crippen LogP contribution in [0.4, 0.5) is 5.82 Å². The van der Waals surface area contributed by atoms with E-state index in [4.69, 9.17) is 0 Å². The third kappa shape index (κ3) is 3.04. The summed E-state index contributed by atoms with van der Waals surface area (Å²) in [6.07, 6.45) is 0. The Balaban J connectivity index is 2.10.